The molecular formula is C24H20F3N3O2S. The number of methoxy groups -OCH3 is 1. The van der Waals surface area contributed by atoms with E-state index in [2.05, 4.69) is 10.3 Å². The highest BCUT2D eigenvalue weighted by Crippen LogP contribution is 2.38. The van der Waals surface area contributed by atoms with Gasteiger partial charge in [-0.1, -0.05) is 42.1 Å². The van der Waals surface area contributed by atoms with Crippen LogP contribution in [0.15, 0.2) is 65.7 Å². The maximum atomic E-state index is 13.7. The van der Waals surface area contributed by atoms with Crippen molar-refractivity contribution < 1.29 is 22.7 Å². The van der Waals surface area contributed by atoms with Gasteiger partial charge in [-0.3, -0.25) is 4.79 Å². The third-order valence-electron chi connectivity index (χ3n) is 4.81. The average molecular weight is 472 g/mol. The zero-order valence-electron chi connectivity index (χ0n) is 17.8. The number of hydrogen-bond donors (Lipinski definition) is 1. The molecule has 2 aromatic carbocycles. The number of benzene rings is 2. The molecule has 0 radical (unpaired) electrons. The number of aromatic nitrogens is 1. The Labute approximate surface area is 193 Å². The third-order valence-corrected chi connectivity index (χ3v) is 5.78. The maximum absolute atomic E-state index is 13.7. The molecule has 3 aromatic rings. The molecule has 3 rings (SSSR count). The standard InChI is InChI=1S/C24H20F3N3O2S/c1-15(16-6-4-3-5-7-16)29-22(31)14-33-23-19(13-28)20(24(25,26)27)12-21(30-23)17-8-10-18(32-2)11-9-17/h3-12,15H,14H2,1-2H3,(H,29,31)/t15-/m1/s1. The van der Waals surface area contributed by atoms with E-state index >= 15 is 0 Å². The van der Waals surface area contributed by atoms with E-state index in [0.717, 1.165) is 23.4 Å². The number of amides is 1. The summed E-state index contributed by atoms with van der Waals surface area (Å²) in [4.78, 5) is 16.7. The SMILES string of the molecule is COc1ccc(-c2cc(C(F)(F)F)c(C#N)c(SCC(=O)N[C@H](C)c3ccccc3)n2)cc1. The summed E-state index contributed by atoms with van der Waals surface area (Å²) in [6.45, 7) is 1.81. The van der Waals surface area contributed by atoms with Gasteiger partial charge in [-0.15, -0.1) is 0 Å². The molecule has 9 heteroatoms. The van der Waals surface area contributed by atoms with Crippen LogP contribution >= 0.6 is 11.8 Å². The maximum Gasteiger partial charge on any atom is 0.417 e. The number of pyridine rings is 1. The smallest absolute Gasteiger partial charge is 0.417 e. The van der Waals surface area contributed by atoms with E-state index in [4.69, 9.17) is 4.74 Å². The Morgan fingerprint density at radius 2 is 1.85 bits per heavy atom. The van der Waals surface area contributed by atoms with Gasteiger partial charge in [-0.05, 0) is 42.8 Å². The van der Waals surface area contributed by atoms with Crippen LogP contribution in [-0.4, -0.2) is 23.8 Å². The Kier molecular flexibility index (Phi) is 7.61. The van der Waals surface area contributed by atoms with E-state index in [1.54, 1.807) is 30.3 Å². The molecule has 0 saturated heterocycles. The molecule has 1 N–H and O–H groups in total. The van der Waals surface area contributed by atoms with Crippen LogP contribution in [0, 0.1) is 11.3 Å². The molecule has 1 atom stereocenters. The van der Waals surface area contributed by atoms with Crippen molar-refractivity contribution in [3.8, 4) is 23.1 Å². The van der Waals surface area contributed by atoms with Crippen LogP contribution in [0.1, 0.15) is 29.7 Å². The number of nitrogens with one attached hydrogen (secondary N) is 1. The summed E-state index contributed by atoms with van der Waals surface area (Å²) in [5, 5.41) is 12.1. The van der Waals surface area contributed by atoms with Gasteiger partial charge in [0.05, 0.1) is 35.7 Å². The number of rotatable bonds is 7. The number of alkyl halides is 3. The number of carbonyl (C=O) groups excluding carboxylic acids is 1. The van der Waals surface area contributed by atoms with Crippen molar-refractivity contribution in [2.24, 2.45) is 0 Å². The number of thioether (sulfide) groups is 1. The van der Waals surface area contributed by atoms with Gasteiger partial charge in [-0.25, -0.2) is 4.98 Å². The fourth-order valence-electron chi connectivity index (χ4n) is 3.11. The van der Waals surface area contributed by atoms with E-state index in [0.29, 0.717) is 11.3 Å². The number of hydrogen-bond acceptors (Lipinski definition) is 5. The minimum absolute atomic E-state index is 0.0459. The molecule has 0 fully saturated rings. The lowest BCUT2D eigenvalue weighted by Gasteiger charge is -2.16. The number of carbonyl (C=O) groups is 1. The molecule has 5 nitrogen and oxygen atoms in total. The first kappa shape index (κ1) is 24.1. The number of nitrogens with zero attached hydrogens (tertiary/aromatic N) is 2. The number of ether oxygens (including phenoxy) is 1. The van der Waals surface area contributed by atoms with E-state index in [1.165, 1.54) is 7.11 Å². The lowest BCUT2D eigenvalue weighted by Crippen LogP contribution is -2.28. The second kappa shape index (κ2) is 10.4. The topological polar surface area (TPSA) is 75.0 Å². The van der Waals surface area contributed by atoms with Crippen molar-refractivity contribution in [2.75, 3.05) is 12.9 Å². The number of halogens is 3. The van der Waals surface area contributed by atoms with Gasteiger partial charge in [0.1, 0.15) is 16.8 Å². The molecule has 170 valence electrons. The molecular weight excluding hydrogens is 451 g/mol. The van der Waals surface area contributed by atoms with Crippen molar-refractivity contribution in [3.63, 3.8) is 0 Å². The quantitative estimate of drug-likeness (QED) is 0.453. The van der Waals surface area contributed by atoms with Crippen LogP contribution in [0.4, 0.5) is 13.2 Å². The lowest BCUT2D eigenvalue weighted by molar-refractivity contribution is -0.138. The van der Waals surface area contributed by atoms with Gasteiger partial charge in [0.25, 0.3) is 0 Å². The van der Waals surface area contributed by atoms with Crippen LogP contribution in [0.5, 0.6) is 5.75 Å². The minimum Gasteiger partial charge on any atom is -0.497 e. The van der Waals surface area contributed by atoms with Crippen LogP contribution in [0.3, 0.4) is 0 Å². The van der Waals surface area contributed by atoms with Gasteiger partial charge in [0.15, 0.2) is 0 Å². The molecule has 1 heterocycles. The van der Waals surface area contributed by atoms with Crippen LogP contribution in [0.2, 0.25) is 0 Å². The summed E-state index contributed by atoms with van der Waals surface area (Å²) in [5.41, 5.74) is -0.327. The fourth-order valence-corrected chi connectivity index (χ4v) is 3.92. The van der Waals surface area contributed by atoms with Crippen LogP contribution in [0.25, 0.3) is 11.3 Å². The normalized spacial score (nSPS) is 12.0. The average Bonchev–Trinajstić information content (AvgIpc) is 2.82. The summed E-state index contributed by atoms with van der Waals surface area (Å²) in [5.74, 6) is -0.0323. The third kappa shape index (κ3) is 6.05. The Hall–Kier alpha value is -3.51. The second-order valence-electron chi connectivity index (χ2n) is 7.06. The summed E-state index contributed by atoms with van der Waals surface area (Å²) < 4.78 is 46.2. The zero-order valence-corrected chi connectivity index (χ0v) is 18.6. The van der Waals surface area contributed by atoms with Gasteiger partial charge < -0.3 is 10.1 Å². The molecule has 1 amide bonds. The predicted octanol–water partition coefficient (Wildman–Crippen LogP) is 5.62. The van der Waals surface area contributed by atoms with E-state index in [1.807, 2.05) is 37.3 Å². The van der Waals surface area contributed by atoms with Crippen molar-refractivity contribution in [3.05, 3.63) is 77.4 Å². The van der Waals surface area contributed by atoms with Crippen molar-refractivity contribution in [1.29, 1.82) is 5.26 Å². The molecule has 0 aliphatic rings. The second-order valence-corrected chi connectivity index (χ2v) is 8.03. The summed E-state index contributed by atoms with van der Waals surface area (Å²) >= 11 is 0.793. The highest BCUT2D eigenvalue weighted by molar-refractivity contribution is 8.00. The monoisotopic (exact) mass is 471 g/mol. The molecule has 0 saturated carbocycles. The van der Waals surface area contributed by atoms with Crippen LogP contribution < -0.4 is 10.1 Å². The summed E-state index contributed by atoms with van der Waals surface area (Å²) in [7, 11) is 1.48. The van der Waals surface area contributed by atoms with Crippen LogP contribution in [-0.2, 0) is 11.0 Å². The van der Waals surface area contributed by atoms with Crippen molar-refractivity contribution in [2.45, 2.75) is 24.2 Å². The van der Waals surface area contributed by atoms with Gasteiger partial charge in [0, 0.05) is 5.56 Å². The number of nitriles is 1. The Morgan fingerprint density at radius 1 is 1.18 bits per heavy atom. The molecule has 0 bridgehead atoms. The zero-order chi connectivity index (χ0) is 24.0. The van der Waals surface area contributed by atoms with E-state index < -0.39 is 17.3 Å². The first-order chi connectivity index (χ1) is 15.7. The first-order valence-electron chi connectivity index (χ1n) is 9.86. The lowest BCUT2D eigenvalue weighted by atomic mass is 10.1. The molecule has 0 aliphatic heterocycles. The molecule has 33 heavy (non-hydrogen) atoms. The van der Waals surface area contributed by atoms with Gasteiger partial charge in [-0.2, -0.15) is 18.4 Å². The van der Waals surface area contributed by atoms with Crippen molar-refractivity contribution in [1.82, 2.24) is 10.3 Å². The van der Waals surface area contributed by atoms with E-state index in [9.17, 15) is 23.2 Å². The Balaban J connectivity index is 1.87. The van der Waals surface area contributed by atoms with Gasteiger partial charge >= 0.3 is 6.18 Å². The highest BCUT2D eigenvalue weighted by Gasteiger charge is 2.36. The molecule has 0 spiro atoms. The van der Waals surface area contributed by atoms with Gasteiger partial charge in [0.2, 0.25) is 5.91 Å². The first-order valence-corrected chi connectivity index (χ1v) is 10.9. The summed E-state index contributed by atoms with van der Waals surface area (Å²) in [6, 6.07) is 17.8. The van der Waals surface area contributed by atoms with Crippen molar-refractivity contribution >= 4 is 17.7 Å². The van der Waals surface area contributed by atoms with E-state index in [-0.39, 0.29) is 28.4 Å². The Morgan fingerprint density at radius 3 is 2.42 bits per heavy atom. The largest absolute Gasteiger partial charge is 0.497 e. The fraction of sp³-hybridized carbons (Fsp3) is 0.208. The molecule has 1 aromatic heterocycles. The summed E-state index contributed by atoms with van der Waals surface area (Å²) in [6.07, 6.45) is -4.76. The molecule has 0 unspecified atom stereocenters. The Bertz CT molecular complexity index is 1160. The predicted molar refractivity (Wildman–Crippen MR) is 120 cm³/mol. The highest BCUT2D eigenvalue weighted by atomic mass is 32.2. The minimum atomic E-state index is -4.76. The molecule has 0 aliphatic carbocycles.